The summed E-state index contributed by atoms with van der Waals surface area (Å²) in [5, 5.41) is 0. The van der Waals surface area contributed by atoms with Gasteiger partial charge in [-0.1, -0.05) is 29.5 Å². The number of primary amides is 1. The van der Waals surface area contributed by atoms with Gasteiger partial charge >= 0.3 is 6.09 Å². The zero-order chi connectivity index (χ0) is 14.4. The van der Waals surface area contributed by atoms with Crippen LogP contribution in [0, 0.1) is 0 Å². The second-order valence-electron chi connectivity index (χ2n) is 5.89. The zero-order valence-electron chi connectivity index (χ0n) is 12.1. The number of ether oxygens (including phenoxy) is 2. The molecule has 0 saturated heterocycles. The van der Waals surface area contributed by atoms with E-state index >= 15 is 0 Å². The molecule has 0 bridgehead atoms. The third-order valence-electron chi connectivity index (χ3n) is 2.47. The molecule has 0 aliphatic rings. The van der Waals surface area contributed by atoms with Gasteiger partial charge in [-0.15, -0.1) is 0 Å². The van der Waals surface area contributed by atoms with Crippen LogP contribution in [0.3, 0.4) is 0 Å². The molecule has 0 saturated carbocycles. The Labute approximate surface area is 124 Å². The highest BCUT2D eigenvalue weighted by molar-refractivity contribution is 14.1. The first-order valence-electron chi connectivity index (χ1n) is 6.30. The largest absolute Gasteiger partial charge is 0.444 e. The predicted molar refractivity (Wildman–Crippen MR) is 82.1 cm³/mol. The van der Waals surface area contributed by atoms with E-state index in [-0.39, 0.29) is 5.60 Å². The van der Waals surface area contributed by atoms with Crippen molar-refractivity contribution in [3.05, 3.63) is 0 Å². The maximum atomic E-state index is 10.8. The Balaban J connectivity index is 4.09. The summed E-state index contributed by atoms with van der Waals surface area (Å²) in [6.45, 7) is 10.6. The summed E-state index contributed by atoms with van der Waals surface area (Å²) in [6, 6.07) is 0. The fraction of sp³-hybridized carbons (Fsp3) is 0.923. The van der Waals surface area contributed by atoms with E-state index in [2.05, 4.69) is 29.5 Å². The Morgan fingerprint density at radius 2 is 1.83 bits per heavy atom. The minimum Gasteiger partial charge on any atom is -0.444 e. The molecule has 108 valence electrons. The lowest BCUT2D eigenvalue weighted by atomic mass is 9.92. The number of nitrogens with two attached hydrogens (primary N) is 1. The average molecular weight is 371 g/mol. The first-order chi connectivity index (χ1) is 8.04. The van der Waals surface area contributed by atoms with Crippen LogP contribution in [0.2, 0.25) is 0 Å². The van der Waals surface area contributed by atoms with Gasteiger partial charge in [0.1, 0.15) is 5.60 Å². The van der Waals surface area contributed by atoms with E-state index in [1.807, 2.05) is 27.7 Å². The van der Waals surface area contributed by atoms with Crippen molar-refractivity contribution < 1.29 is 14.3 Å². The second-order valence-corrected chi connectivity index (χ2v) is 8.02. The maximum absolute atomic E-state index is 10.8. The van der Waals surface area contributed by atoms with E-state index in [4.69, 9.17) is 15.2 Å². The summed E-state index contributed by atoms with van der Waals surface area (Å²) in [4.78, 5) is 10.8. The Morgan fingerprint density at radius 3 is 2.28 bits per heavy atom. The number of carbonyl (C=O) groups is 1. The van der Waals surface area contributed by atoms with Gasteiger partial charge in [0.25, 0.3) is 0 Å². The third-order valence-corrected chi connectivity index (χ3v) is 3.09. The Hall–Kier alpha value is -0.0400. The highest BCUT2D eigenvalue weighted by Gasteiger charge is 2.32. The van der Waals surface area contributed by atoms with Crippen molar-refractivity contribution in [1.82, 2.24) is 0 Å². The summed E-state index contributed by atoms with van der Waals surface area (Å²) in [6.07, 6.45) is 2.07. The summed E-state index contributed by atoms with van der Waals surface area (Å²) >= 11 is 2.41. The topological polar surface area (TPSA) is 61.6 Å². The van der Waals surface area contributed by atoms with Crippen molar-refractivity contribution in [3.8, 4) is 0 Å². The van der Waals surface area contributed by atoms with Gasteiger partial charge < -0.3 is 15.2 Å². The maximum Gasteiger partial charge on any atom is 0.405 e. The molecule has 18 heavy (non-hydrogen) atoms. The van der Waals surface area contributed by atoms with Gasteiger partial charge in [0.15, 0.2) is 0 Å². The third kappa shape index (κ3) is 9.94. The molecule has 0 heterocycles. The van der Waals surface area contributed by atoms with Crippen LogP contribution < -0.4 is 5.73 Å². The lowest BCUT2D eigenvalue weighted by molar-refractivity contribution is -0.0756. The molecule has 1 amide bonds. The fourth-order valence-corrected chi connectivity index (χ4v) is 2.54. The molecule has 0 aromatic carbocycles. The summed E-state index contributed by atoms with van der Waals surface area (Å²) in [5.41, 5.74) is 4.12. The summed E-state index contributed by atoms with van der Waals surface area (Å²) in [5.74, 6) is 0. The molecule has 1 atom stereocenters. The van der Waals surface area contributed by atoms with E-state index in [1.165, 1.54) is 0 Å². The normalized spacial score (nSPS) is 14.3. The van der Waals surface area contributed by atoms with E-state index in [9.17, 15) is 4.79 Å². The lowest BCUT2D eigenvalue weighted by Gasteiger charge is -2.34. The van der Waals surface area contributed by atoms with Gasteiger partial charge in [-0.2, -0.15) is 0 Å². The molecule has 0 aliphatic carbocycles. The minimum atomic E-state index is -0.741. The van der Waals surface area contributed by atoms with Crippen LogP contribution in [0.25, 0.3) is 0 Å². The fourth-order valence-electron chi connectivity index (χ4n) is 2.10. The number of rotatable bonds is 8. The van der Waals surface area contributed by atoms with Crippen LogP contribution in [0.4, 0.5) is 4.79 Å². The predicted octanol–water partition coefficient (Wildman–Crippen LogP) is 3.65. The zero-order valence-corrected chi connectivity index (χ0v) is 14.2. The molecular weight excluding hydrogens is 345 g/mol. The van der Waals surface area contributed by atoms with Crippen LogP contribution in [0.1, 0.15) is 53.9 Å². The van der Waals surface area contributed by atoms with E-state index in [0.717, 1.165) is 19.4 Å². The smallest absolute Gasteiger partial charge is 0.405 e. The standard InChI is InChI=1S/C13H26INO3/c1-10(14)7-6-8-17-12(2,3)9-13(4,5)18-11(15)16/h10H,6-9H2,1-5H3,(H2,15,16). The number of hydrogen-bond donors (Lipinski definition) is 1. The highest BCUT2D eigenvalue weighted by Crippen LogP contribution is 2.26. The number of hydrogen-bond acceptors (Lipinski definition) is 3. The highest BCUT2D eigenvalue weighted by atomic mass is 127. The van der Waals surface area contributed by atoms with Gasteiger partial charge in [-0.25, -0.2) is 4.79 Å². The minimum absolute atomic E-state index is 0.326. The van der Waals surface area contributed by atoms with Crippen molar-refractivity contribution in [1.29, 1.82) is 0 Å². The molecule has 0 fully saturated rings. The average Bonchev–Trinajstić information content (AvgIpc) is 2.07. The molecule has 0 rings (SSSR count). The Morgan fingerprint density at radius 1 is 1.28 bits per heavy atom. The molecule has 5 heteroatoms. The van der Waals surface area contributed by atoms with E-state index in [1.54, 1.807) is 0 Å². The molecule has 0 radical (unpaired) electrons. The number of alkyl halides is 1. The monoisotopic (exact) mass is 371 g/mol. The van der Waals surface area contributed by atoms with E-state index in [0.29, 0.717) is 10.3 Å². The SMILES string of the molecule is CC(I)CCCOC(C)(C)CC(C)(C)OC(N)=O. The van der Waals surface area contributed by atoms with Crippen LogP contribution in [-0.4, -0.2) is 27.8 Å². The molecule has 4 nitrogen and oxygen atoms in total. The summed E-state index contributed by atoms with van der Waals surface area (Å²) < 4.78 is 11.6. The lowest BCUT2D eigenvalue weighted by Crippen LogP contribution is -2.40. The number of amides is 1. The van der Waals surface area contributed by atoms with Crippen LogP contribution >= 0.6 is 22.6 Å². The van der Waals surface area contributed by atoms with Crippen molar-refractivity contribution in [2.45, 2.75) is 69.0 Å². The Kier molecular flexibility index (Phi) is 7.51. The first-order valence-corrected chi connectivity index (χ1v) is 7.55. The van der Waals surface area contributed by atoms with Crippen LogP contribution in [-0.2, 0) is 9.47 Å². The van der Waals surface area contributed by atoms with Gasteiger partial charge in [0.2, 0.25) is 0 Å². The molecule has 0 aromatic heterocycles. The number of carbonyl (C=O) groups excluding carboxylic acids is 1. The van der Waals surface area contributed by atoms with Crippen molar-refractivity contribution >= 4 is 28.7 Å². The molecule has 0 aliphatic heterocycles. The van der Waals surface area contributed by atoms with Gasteiger partial charge in [0, 0.05) is 17.0 Å². The molecule has 0 spiro atoms. The van der Waals surface area contributed by atoms with Gasteiger partial charge in [-0.3, -0.25) is 0 Å². The number of halogens is 1. The molecule has 2 N–H and O–H groups in total. The van der Waals surface area contributed by atoms with Crippen molar-refractivity contribution in [2.75, 3.05) is 6.61 Å². The van der Waals surface area contributed by atoms with Crippen molar-refractivity contribution in [3.63, 3.8) is 0 Å². The van der Waals surface area contributed by atoms with Crippen molar-refractivity contribution in [2.24, 2.45) is 5.73 Å². The molecule has 0 aromatic rings. The van der Waals surface area contributed by atoms with E-state index < -0.39 is 11.7 Å². The second kappa shape index (κ2) is 7.53. The van der Waals surface area contributed by atoms with Gasteiger partial charge in [-0.05, 0) is 40.5 Å². The molecular formula is C13H26INO3. The summed E-state index contributed by atoms with van der Waals surface area (Å²) in [7, 11) is 0. The Bertz CT molecular complexity index is 265. The van der Waals surface area contributed by atoms with Crippen LogP contribution in [0.15, 0.2) is 0 Å². The molecule has 1 unspecified atom stereocenters. The quantitative estimate of drug-likeness (QED) is 0.403. The van der Waals surface area contributed by atoms with Crippen LogP contribution in [0.5, 0.6) is 0 Å². The van der Waals surface area contributed by atoms with Gasteiger partial charge in [0.05, 0.1) is 5.60 Å². The first kappa shape index (κ1) is 18.0.